The highest BCUT2D eigenvalue weighted by Gasteiger charge is 2.21. The fourth-order valence-electron chi connectivity index (χ4n) is 2.57. The van der Waals surface area contributed by atoms with Crippen molar-refractivity contribution < 1.29 is 14.0 Å². The molecular weight excluding hydrogens is 389 g/mol. The number of benzene rings is 2. The quantitative estimate of drug-likeness (QED) is 0.646. The molecule has 27 heavy (non-hydrogen) atoms. The topological polar surface area (TPSA) is 71.1 Å². The molecule has 1 aliphatic rings. The Balaban J connectivity index is 1.62. The molecule has 8 heteroatoms. The number of pyridine rings is 1. The molecule has 0 unspecified atom stereocenters. The number of hydrogen-bond acceptors (Lipinski definition) is 4. The Morgan fingerprint density at radius 3 is 2.70 bits per heavy atom. The van der Waals surface area contributed by atoms with E-state index in [1.54, 1.807) is 36.4 Å². The molecule has 5 nitrogen and oxygen atoms in total. The number of hydrogen-bond donors (Lipinski definition) is 2. The standard InChI is InChI=1S/C19H11ClFN3O2S/c20-11-2-6-17(22-9-11)24-18(25)10-1-4-16-14(7-10)23-19(26)13-8-12(21)3-5-15(13)27-16/h1-9H,(H,23,26)(H,22,24,25). The van der Waals surface area contributed by atoms with E-state index < -0.39 is 11.7 Å². The summed E-state index contributed by atoms with van der Waals surface area (Å²) < 4.78 is 13.5. The molecule has 2 N–H and O–H groups in total. The minimum atomic E-state index is -0.481. The Hall–Kier alpha value is -2.90. The van der Waals surface area contributed by atoms with Gasteiger partial charge in [0.15, 0.2) is 0 Å². The molecule has 3 aromatic rings. The maximum absolute atomic E-state index is 13.5. The number of carbonyl (C=O) groups is 2. The van der Waals surface area contributed by atoms with Crippen molar-refractivity contribution in [3.8, 4) is 0 Å². The van der Waals surface area contributed by atoms with Crippen LogP contribution in [-0.2, 0) is 0 Å². The molecule has 2 heterocycles. The van der Waals surface area contributed by atoms with Crippen LogP contribution in [0.5, 0.6) is 0 Å². The molecule has 0 fully saturated rings. The summed E-state index contributed by atoms with van der Waals surface area (Å²) in [5.74, 6) is -0.918. The van der Waals surface area contributed by atoms with Crippen molar-refractivity contribution in [2.45, 2.75) is 9.79 Å². The van der Waals surface area contributed by atoms with Gasteiger partial charge < -0.3 is 10.6 Å². The molecule has 0 saturated heterocycles. The molecule has 0 radical (unpaired) electrons. The van der Waals surface area contributed by atoms with E-state index in [0.29, 0.717) is 27.0 Å². The van der Waals surface area contributed by atoms with Crippen molar-refractivity contribution in [3.63, 3.8) is 0 Å². The highest BCUT2D eigenvalue weighted by atomic mass is 35.5. The van der Waals surface area contributed by atoms with Crippen LogP contribution < -0.4 is 10.6 Å². The number of nitrogens with zero attached hydrogens (tertiary/aromatic N) is 1. The minimum Gasteiger partial charge on any atom is -0.321 e. The molecule has 0 bridgehead atoms. The van der Waals surface area contributed by atoms with Crippen molar-refractivity contribution in [2.75, 3.05) is 10.6 Å². The van der Waals surface area contributed by atoms with E-state index in [-0.39, 0.29) is 11.5 Å². The molecule has 0 aliphatic carbocycles. The number of fused-ring (bicyclic) bond motifs is 2. The van der Waals surface area contributed by atoms with Gasteiger partial charge in [0.1, 0.15) is 11.6 Å². The summed E-state index contributed by atoms with van der Waals surface area (Å²) >= 11 is 7.11. The van der Waals surface area contributed by atoms with Crippen molar-refractivity contribution in [1.82, 2.24) is 4.98 Å². The first-order valence-corrected chi connectivity index (χ1v) is 9.05. The molecule has 134 valence electrons. The van der Waals surface area contributed by atoms with Gasteiger partial charge in [0.05, 0.1) is 16.3 Å². The number of anilines is 2. The van der Waals surface area contributed by atoms with Crippen LogP contribution in [0.2, 0.25) is 5.02 Å². The molecule has 1 aromatic heterocycles. The largest absolute Gasteiger partial charge is 0.321 e. The number of carbonyl (C=O) groups excluding carboxylic acids is 2. The number of rotatable bonds is 2. The van der Waals surface area contributed by atoms with E-state index in [9.17, 15) is 14.0 Å². The summed E-state index contributed by atoms with van der Waals surface area (Å²) in [4.78, 5) is 30.3. The van der Waals surface area contributed by atoms with Gasteiger partial charge in [-0.1, -0.05) is 23.4 Å². The maximum atomic E-state index is 13.5. The number of halogens is 2. The zero-order chi connectivity index (χ0) is 19.0. The molecule has 4 rings (SSSR count). The minimum absolute atomic E-state index is 0.257. The van der Waals surface area contributed by atoms with Crippen LogP contribution in [0.3, 0.4) is 0 Å². The summed E-state index contributed by atoms with van der Waals surface area (Å²) in [5, 5.41) is 5.87. The average Bonchev–Trinajstić information content (AvgIpc) is 2.79. The van der Waals surface area contributed by atoms with Crippen LogP contribution in [0.25, 0.3) is 0 Å². The summed E-state index contributed by atoms with van der Waals surface area (Å²) in [6.07, 6.45) is 1.43. The Morgan fingerprint density at radius 2 is 1.93 bits per heavy atom. The SMILES string of the molecule is O=C(Nc1ccc(Cl)cn1)c1ccc2c(c1)NC(=O)c1cc(F)ccc1S2. The van der Waals surface area contributed by atoms with Crippen LogP contribution >= 0.6 is 23.4 Å². The van der Waals surface area contributed by atoms with E-state index in [0.717, 1.165) is 4.90 Å². The average molecular weight is 400 g/mol. The lowest BCUT2D eigenvalue weighted by molar-refractivity contribution is 0.101. The lowest BCUT2D eigenvalue weighted by atomic mass is 10.1. The maximum Gasteiger partial charge on any atom is 0.256 e. The second kappa shape index (κ2) is 7.02. The van der Waals surface area contributed by atoms with Crippen LogP contribution in [0.15, 0.2) is 64.5 Å². The van der Waals surface area contributed by atoms with Crippen LogP contribution in [0, 0.1) is 5.82 Å². The third kappa shape index (κ3) is 3.65. The first-order chi connectivity index (χ1) is 13.0. The lowest BCUT2D eigenvalue weighted by Crippen LogP contribution is -2.15. The lowest BCUT2D eigenvalue weighted by Gasteiger charge is -2.09. The van der Waals surface area contributed by atoms with E-state index in [1.165, 1.54) is 30.1 Å². The highest BCUT2D eigenvalue weighted by Crippen LogP contribution is 2.39. The van der Waals surface area contributed by atoms with Gasteiger partial charge in [0.25, 0.3) is 11.8 Å². The van der Waals surface area contributed by atoms with Gasteiger partial charge in [0, 0.05) is 21.6 Å². The van der Waals surface area contributed by atoms with Gasteiger partial charge in [-0.05, 0) is 48.5 Å². The smallest absolute Gasteiger partial charge is 0.256 e. The Morgan fingerprint density at radius 1 is 1.11 bits per heavy atom. The third-order valence-electron chi connectivity index (χ3n) is 3.87. The first-order valence-electron chi connectivity index (χ1n) is 7.85. The number of amides is 2. The van der Waals surface area contributed by atoms with Gasteiger partial charge in [-0.25, -0.2) is 9.37 Å². The normalized spacial score (nSPS) is 12.4. The Kier molecular flexibility index (Phi) is 4.55. The molecule has 1 aliphatic heterocycles. The van der Waals surface area contributed by atoms with Gasteiger partial charge in [-0.3, -0.25) is 9.59 Å². The zero-order valence-electron chi connectivity index (χ0n) is 13.6. The molecule has 2 amide bonds. The second-order valence-electron chi connectivity index (χ2n) is 5.72. The summed E-state index contributed by atoms with van der Waals surface area (Å²) in [6, 6.07) is 12.3. The van der Waals surface area contributed by atoms with Crippen molar-refractivity contribution in [2.24, 2.45) is 0 Å². The summed E-state index contributed by atoms with van der Waals surface area (Å²) in [6.45, 7) is 0. The first kappa shape index (κ1) is 17.5. The van der Waals surface area contributed by atoms with Crippen molar-refractivity contribution >= 4 is 46.7 Å². The highest BCUT2D eigenvalue weighted by molar-refractivity contribution is 7.99. The summed E-state index contributed by atoms with van der Waals surface area (Å²) in [5.41, 5.74) is 1.09. The van der Waals surface area contributed by atoms with Gasteiger partial charge >= 0.3 is 0 Å². The molecular formula is C19H11ClFN3O2S. The predicted octanol–water partition coefficient (Wildman–Crippen LogP) is 4.84. The molecule has 2 aromatic carbocycles. The van der Waals surface area contributed by atoms with Crippen molar-refractivity contribution in [1.29, 1.82) is 0 Å². The van der Waals surface area contributed by atoms with Gasteiger partial charge in [0.2, 0.25) is 0 Å². The molecule has 0 spiro atoms. The fraction of sp³-hybridized carbons (Fsp3) is 0. The van der Waals surface area contributed by atoms with E-state index >= 15 is 0 Å². The molecule has 0 saturated carbocycles. The number of nitrogens with one attached hydrogen (secondary N) is 2. The third-order valence-corrected chi connectivity index (χ3v) is 5.24. The van der Waals surface area contributed by atoms with Crippen LogP contribution in [-0.4, -0.2) is 16.8 Å². The van der Waals surface area contributed by atoms with Gasteiger partial charge in [-0.2, -0.15) is 0 Å². The van der Waals surface area contributed by atoms with Gasteiger partial charge in [-0.15, -0.1) is 0 Å². The van der Waals surface area contributed by atoms with Crippen molar-refractivity contribution in [3.05, 3.63) is 76.7 Å². The fourth-order valence-corrected chi connectivity index (χ4v) is 3.68. The molecule has 0 atom stereocenters. The number of aromatic nitrogens is 1. The summed E-state index contributed by atoms with van der Waals surface area (Å²) in [7, 11) is 0. The van der Waals surface area contributed by atoms with Crippen LogP contribution in [0.4, 0.5) is 15.9 Å². The van der Waals surface area contributed by atoms with E-state index in [2.05, 4.69) is 15.6 Å². The Bertz CT molecular complexity index is 1070. The Labute approximate surface area is 163 Å². The van der Waals surface area contributed by atoms with E-state index in [1.807, 2.05) is 0 Å². The second-order valence-corrected chi connectivity index (χ2v) is 7.24. The van der Waals surface area contributed by atoms with E-state index in [4.69, 9.17) is 11.6 Å². The monoisotopic (exact) mass is 399 g/mol. The van der Waals surface area contributed by atoms with Crippen LogP contribution in [0.1, 0.15) is 20.7 Å². The predicted molar refractivity (Wildman–Crippen MR) is 102 cm³/mol. The zero-order valence-corrected chi connectivity index (χ0v) is 15.2.